The van der Waals surface area contributed by atoms with Crippen LogP contribution in [0.2, 0.25) is 0 Å². The van der Waals surface area contributed by atoms with Crippen molar-refractivity contribution in [2.24, 2.45) is 0 Å². The van der Waals surface area contributed by atoms with Gasteiger partial charge in [0.2, 0.25) is 5.95 Å². The number of rotatable bonds is 7. The van der Waals surface area contributed by atoms with Crippen molar-refractivity contribution >= 4 is 72.6 Å². The Morgan fingerprint density at radius 1 is 0.456 bits per heavy atom. The van der Waals surface area contributed by atoms with E-state index in [2.05, 4.69) is 48.5 Å². The van der Waals surface area contributed by atoms with Crippen molar-refractivity contribution in [1.29, 1.82) is 0 Å². The van der Waals surface area contributed by atoms with Crippen LogP contribution >= 0.6 is 0 Å². The van der Waals surface area contributed by atoms with Gasteiger partial charge in [-0.1, -0.05) is 182 Å². The molecule has 0 bridgehead atoms. The lowest BCUT2D eigenvalue weighted by molar-refractivity contribution is 0.669. The molecule has 0 radical (unpaired) electrons. The molecule has 3 heterocycles. The predicted molar refractivity (Wildman–Crippen MR) is 236 cm³/mol. The van der Waals surface area contributed by atoms with E-state index in [1.165, 1.54) is 0 Å². The highest BCUT2D eigenvalue weighted by atomic mass is 28.3. The molecule has 0 N–H and O–H groups in total. The third-order valence-electron chi connectivity index (χ3n) is 10.9. The number of benzene rings is 8. The fraction of sp³-hybridized carbons (Fsp3) is 0. The zero-order chi connectivity index (χ0) is 41.2. The SMILES string of the molecule is [2H]c1c([2H])c(-c2nc(-c3cccc4c3oc3ccccc34)nc(-n3c4ccccc4c4ccccc43)n2)c([2H])c([Si](c2ccccc2)(c2ccccc2)c2ccccc2)c1[2H]. The maximum Gasteiger partial charge on any atom is 0.238 e. The molecule has 0 aliphatic heterocycles. The van der Waals surface area contributed by atoms with Crippen molar-refractivity contribution in [2.75, 3.05) is 0 Å². The zero-order valence-corrected chi connectivity index (χ0v) is 31.5. The third kappa shape index (κ3) is 5.26. The minimum atomic E-state index is -3.55. The van der Waals surface area contributed by atoms with E-state index in [0.29, 0.717) is 16.3 Å². The summed E-state index contributed by atoms with van der Waals surface area (Å²) in [5.74, 6) is 0.618. The molecular formula is C51H34N4OSi. The van der Waals surface area contributed by atoms with Crippen LogP contribution in [-0.2, 0) is 0 Å². The second-order valence-electron chi connectivity index (χ2n) is 14.0. The molecule has 0 saturated heterocycles. The minimum Gasteiger partial charge on any atom is -0.455 e. The fourth-order valence-corrected chi connectivity index (χ4v) is 12.9. The molecule has 11 aromatic rings. The molecule has 0 aliphatic rings. The number of fused-ring (bicyclic) bond motifs is 6. The van der Waals surface area contributed by atoms with E-state index < -0.39 is 8.07 Å². The van der Waals surface area contributed by atoms with Crippen LogP contribution in [0.5, 0.6) is 0 Å². The van der Waals surface area contributed by atoms with Gasteiger partial charge in [-0.05, 0) is 45.0 Å². The van der Waals surface area contributed by atoms with Crippen molar-refractivity contribution in [3.63, 3.8) is 0 Å². The average molecular weight is 751 g/mol. The lowest BCUT2D eigenvalue weighted by atomic mass is 10.1. The highest BCUT2D eigenvalue weighted by Crippen LogP contribution is 2.36. The fourth-order valence-electron chi connectivity index (χ4n) is 8.40. The van der Waals surface area contributed by atoms with E-state index in [-0.39, 0.29) is 47.3 Å². The first-order valence-corrected chi connectivity index (χ1v) is 20.9. The zero-order valence-electron chi connectivity index (χ0n) is 34.5. The van der Waals surface area contributed by atoms with Gasteiger partial charge in [0.15, 0.2) is 19.7 Å². The molecule has 8 aromatic carbocycles. The summed E-state index contributed by atoms with van der Waals surface area (Å²) in [6, 6.07) is 59.1. The molecule has 268 valence electrons. The van der Waals surface area contributed by atoms with Gasteiger partial charge in [-0.2, -0.15) is 9.97 Å². The van der Waals surface area contributed by atoms with Gasteiger partial charge in [0.05, 0.1) is 22.1 Å². The molecule has 6 heteroatoms. The first kappa shape index (κ1) is 29.0. The normalized spacial score (nSPS) is 12.8. The van der Waals surface area contributed by atoms with Gasteiger partial charge in [0.1, 0.15) is 11.2 Å². The Balaban J connectivity index is 1.28. The quantitative estimate of drug-likeness (QED) is 0.120. The molecule has 11 rings (SSSR count). The van der Waals surface area contributed by atoms with Gasteiger partial charge < -0.3 is 4.42 Å². The molecule has 0 amide bonds. The summed E-state index contributed by atoms with van der Waals surface area (Å²) in [5, 5.41) is 7.09. The summed E-state index contributed by atoms with van der Waals surface area (Å²) < 4.78 is 47.7. The van der Waals surface area contributed by atoms with Gasteiger partial charge in [-0.15, -0.1) is 0 Å². The molecule has 0 fully saturated rings. The topological polar surface area (TPSA) is 56.7 Å². The predicted octanol–water partition coefficient (Wildman–Crippen LogP) is 9.58. The van der Waals surface area contributed by atoms with E-state index in [1.54, 1.807) is 0 Å². The number of nitrogens with zero attached hydrogens (tertiary/aromatic N) is 4. The van der Waals surface area contributed by atoms with Crippen molar-refractivity contribution < 1.29 is 9.90 Å². The van der Waals surface area contributed by atoms with Crippen LogP contribution in [-0.4, -0.2) is 27.6 Å². The summed E-state index contributed by atoms with van der Waals surface area (Å²) in [7, 11) is -3.55. The summed E-state index contributed by atoms with van der Waals surface area (Å²) in [6.07, 6.45) is 0. The first-order valence-electron chi connectivity index (χ1n) is 20.9. The van der Waals surface area contributed by atoms with Gasteiger partial charge in [0, 0.05) is 27.1 Å². The van der Waals surface area contributed by atoms with Crippen molar-refractivity contribution in [2.45, 2.75) is 0 Å². The van der Waals surface area contributed by atoms with Gasteiger partial charge in [0.25, 0.3) is 0 Å². The molecule has 0 saturated carbocycles. The molecular weight excluding hydrogens is 713 g/mol. The van der Waals surface area contributed by atoms with E-state index in [1.807, 2.05) is 138 Å². The summed E-state index contributed by atoms with van der Waals surface area (Å²) in [5.41, 5.74) is 3.73. The van der Waals surface area contributed by atoms with Crippen LogP contribution in [0, 0.1) is 0 Å². The smallest absolute Gasteiger partial charge is 0.238 e. The molecule has 0 atom stereocenters. The average Bonchev–Trinajstić information content (AvgIpc) is 3.87. The summed E-state index contributed by atoms with van der Waals surface area (Å²) >= 11 is 0. The van der Waals surface area contributed by atoms with Crippen LogP contribution in [0.3, 0.4) is 0 Å². The molecule has 3 aromatic heterocycles. The Labute approximate surface area is 335 Å². The van der Waals surface area contributed by atoms with Gasteiger partial charge >= 0.3 is 0 Å². The van der Waals surface area contributed by atoms with Crippen LogP contribution in [0.1, 0.15) is 5.48 Å². The lowest BCUT2D eigenvalue weighted by Crippen LogP contribution is -2.74. The number of furan rings is 1. The standard InChI is InChI=1S/C51H34N4OSi/c1-4-19-36(20-5-1)57(37-21-6-2-7-22-37,38-23-8-3-9-24-38)39-25-16-18-35(34-39)49-52-50(44-30-17-29-43-42-28-12-15-33-47(42)56-48(43)44)54-51(53-49)55-45-31-13-10-26-40(45)41-27-11-14-32-46(41)55/h1-34H/i16D,18D,25D,34D. The summed E-state index contributed by atoms with van der Waals surface area (Å²) in [6.45, 7) is 0. The lowest BCUT2D eigenvalue weighted by Gasteiger charge is -2.34. The molecule has 5 nitrogen and oxygen atoms in total. The number of aromatic nitrogens is 4. The van der Waals surface area contributed by atoms with Crippen molar-refractivity contribution in [1.82, 2.24) is 19.5 Å². The highest BCUT2D eigenvalue weighted by molar-refractivity contribution is 7.19. The number of hydrogen-bond donors (Lipinski definition) is 0. The number of hydrogen-bond acceptors (Lipinski definition) is 4. The molecule has 0 spiro atoms. The van der Waals surface area contributed by atoms with Crippen molar-refractivity contribution in [3.8, 4) is 28.7 Å². The van der Waals surface area contributed by atoms with Crippen LogP contribution < -0.4 is 20.7 Å². The maximum atomic E-state index is 10.3. The summed E-state index contributed by atoms with van der Waals surface area (Å²) in [4.78, 5) is 15.5. The van der Waals surface area contributed by atoms with Crippen LogP contribution in [0.15, 0.2) is 211 Å². The largest absolute Gasteiger partial charge is 0.455 e. The molecule has 0 unspecified atom stereocenters. The first-order chi connectivity index (χ1) is 29.9. The Hall–Kier alpha value is -7.41. The Kier molecular flexibility index (Phi) is 6.81. The van der Waals surface area contributed by atoms with Crippen LogP contribution in [0.4, 0.5) is 0 Å². The molecule has 57 heavy (non-hydrogen) atoms. The Morgan fingerprint density at radius 3 is 1.61 bits per heavy atom. The van der Waals surface area contributed by atoms with Gasteiger partial charge in [-0.3, -0.25) is 4.57 Å². The van der Waals surface area contributed by atoms with E-state index in [9.17, 15) is 5.48 Å². The van der Waals surface area contributed by atoms with Gasteiger partial charge in [-0.25, -0.2) is 4.98 Å². The second kappa shape index (κ2) is 13.4. The van der Waals surface area contributed by atoms with E-state index in [4.69, 9.17) is 19.4 Å². The van der Waals surface area contributed by atoms with E-state index >= 15 is 0 Å². The third-order valence-corrected chi connectivity index (χ3v) is 15.5. The number of para-hydroxylation sites is 4. The van der Waals surface area contributed by atoms with E-state index in [0.717, 1.165) is 53.7 Å². The Morgan fingerprint density at radius 2 is 0.982 bits per heavy atom. The van der Waals surface area contributed by atoms with Crippen LogP contribution in [0.25, 0.3) is 72.5 Å². The molecule has 0 aliphatic carbocycles. The minimum absolute atomic E-state index is 0.0526. The highest BCUT2D eigenvalue weighted by Gasteiger charge is 2.41. The Bertz CT molecular complexity index is 3330. The second-order valence-corrected chi connectivity index (χ2v) is 17.8. The monoisotopic (exact) mass is 750 g/mol. The van der Waals surface area contributed by atoms with Crippen molar-refractivity contribution in [3.05, 3.63) is 206 Å². The maximum absolute atomic E-state index is 10.3.